The van der Waals surface area contributed by atoms with Gasteiger partial charge in [0.2, 0.25) is 5.91 Å². The summed E-state index contributed by atoms with van der Waals surface area (Å²) in [7, 11) is 0. The lowest BCUT2D eigenvalue weighted by Crippen LogP contribution is -2.31. The van der Waals surface area contributed by atoms with E-state index in [1.54, 1.807) is 0 Å². The molecule has 1 saturated carbocycles. The van der Waals surface area contributed by atoms with Crippen molar-refractivity contribution in [1.29, 1.82) is 0 Å². The molecular weight excluding hydrogens is 352 g/mol. The van der Waals surface area contributed by atoms with Gasteiger partial charge in [-0.3, -0.25) is 9.59 Å². The Labute approximate surface area is 165 Å². The maximum absolute atomic E-state index is 12.2. The van der Waals surface area contributed by atoms with Crippen LogP contribution in [0, 0.1) is 5.92 Å². The number of amides is 2. The third kappa shape index (κ3) is 4.53. The van der Waals surface area contributed by atoms with Crippen LogP contribution in [0.3, 0.4) is 0 Å². The first-order valence-electron chi connectivity index (χ1n) is 10.0. The molecular formula is C23H26N2O3. The first kappa shape index (κ1) is 18.5. The molecule has 28 heavy (non-hydrogen) atoms. The summed E-state index contributed by atoms with van der Waals surface area (Å²) >= 11 is 0. The second-order valence-electron chi connectivity index (χ2n) is 7.75. The van der Waals surface area contributed by atoms with Crippen LogP contribution >= 0.6 is 0 Å². The Kier molecular flexibility index (Phi) is 5.33. The van der Waals surface area contributed by atoms with Crippen molar-refractivity contribution in [3.8, 4) is 5.75 Å². The van der Waals surface area contributed by atoms with Crippen LogP contribution in [-0.2, 0) is 22.4 Å². The number of carbonyl (C=O) groups excluding carboxylic acids is 2. The number of hydrogen-bond donors (Lipinski definition) is 2. The highest BCUT2D eigenvalue weighted by molar-refractivity contribution is 5.94. The summed E-state index contributed by atoms with van der Waals surface area (Å²) in [5.74, 6) is 0.875. The first-order valence-corrected chi connectivity index (χ1v) is 10.0. The van der Waals surface area contributed by atoms with Crippen LogP contribution in [0.2, 0.25) is 0 Å². The Morgan fingerprint density at radius 3 is 2.57 bits per heavy atom. The Balaban J connectivity index is 1.26. The number of ether oxygens (including phenoxy) is 1. The molecule has 1 atom stereocenters. The van der Waals surface area contributed by atoms with Gasteiger partial charge in [-0.05, 0) is 80.0 Å². The van der Waals surface area contributed by atoms with Gasteiger partial charge in [0.15, 0.2) is 6.61 Å². The summed E-state index contributed by atoms with van der Waals surface area (Å²) in [6.07, 6.45) is 5.39. The van der Waals surface area contributed by atoms with E-state index in [9.17, 15) is 9.59 Å². The van der Waals surface area contributed by atoms with Crippen molar-refractivity contribution < 1.29 is 14.3 Å². The fourth-order valence-electron chi connectivity index (χ4n) is 3.60. The SMILES string of the molecule is CC(NC(=O)COc1ccc2c(c1)CCC2)c1ccc(NC(=O)C2CC2)cc1. The molecule has 0 radical (unpaired) electrons. The highest BCUT2D eigenvalue weighted by Crippen LogP contribution is 2.30. The average molecular weight is 378 g/mol. The van der Waals surface area contributed by atoms with E-state index in [0.29, 0.717) is 0 Å². The monoisotopic (exact) mass is 378 g/mol. The highest BCUT2D eigenvalue weighted by Gasteiger charge is 2.29. The number of aryl methyl sites for hydroxylation is 2. The van der Waals surface area contributed by atoms with Crippen LogP contribution < -0.4 is 15.4 Å². The Hall–Kier alpha value is -2.82. The van der Waals surface area contributed by atoms with Crippen molar-refractivity contribution in [3.05, 3.63) is 59.2 Å². The molecule has 2 amide bonds. The molecule has 2 aliphatic rings. The molecule has 2 aliphatic carbocycles. The number of rotatable bonds is 7. The number of benzene rings is 2. The van der Waals surface area contributed by atoms with Gasteiger partial charge in [-0.25, -0.2) is 0 Å². The van der Waals surface area contributed by atoms with E-state index in [1.807, 2.05) is 43.3 Å². The van der Waals surface area contributed by atoms with Crippen LogP contribution in [-0.4, -0.2) is 18.4 Å². The van der Waals surface area contributed by atoms with Crippen LogP contribution in [0.1, 0.15) is 48.9 Å². The summed E-state index contributed by atoms with van der Waals surface area (Å²) in [4.78, 5) is 24.0. The number of carbonyl (C=O) groups is 2. The zero-order chi connectivity index (χ0) is 19.5. The standard InChI is InChI=1S/C23H26N2O3/c1-15(16-7-10-20(11-8-16)25-23(27)18-5-6-18)24-22(26)14-28-21-12-9-17-3-2-4-19(17)13-21/h7-13,15,18H,2-6,14H2,1H3,(H,24,26)(H,25,27). The van der Waals surface area contributed by atoms with E-state index in [-0.39, 0.29) is 30.4 Å². The molecule has 0 aromatic heterocycles. The summed E-state index contributed by atoms with van der Waals surface area (Å²) in [5, 5.41) is 5.88. The fourth-order valence-corrected chi connectivity index (χ4v) is 3.60. The topological polar surface area (TPSA) is 67.4 Å². The molecule has 4 rings (SSSR count). The number of fused-ring (bicyclic) bond motifs is 1. The fraction of sp³-hybridized carbons (Fsp3) is 0.391. The van der Waals surface area contributed by atoms with Crippen molar-refractivity contribution in [2.24, 2.45) is 5.92 Å². The Morgan fingerprint density at radius 2 is 1.82 bits per heavy atom. The molecule has 2 N–H and O–H groups in total. The van der Waals surface area contributed by atoms with Crippen molar-refractivity contribution >= 4 is 17.5 Å². The minimum Gasteiger partial charge on any atom is -0.484 e. The molecule has 0 spiro atoms. The number of hydrogen-bond acceptors (Lipinski definition) is 3. The van der Waals surface area contributed by atoms with Crippen molar-refractivity contribution in [2.75, 3.05) is 11.9 Å². The normalized spacial score (nSPS) is 16.2. The zero-order valence-electron chi connectivity index (χ0n) is 16.2. The van der Waals surface area contributed by atoms with Crippen LogP contribution in [0.5, 0.6) is 5.75 Å². The lowest BCUT2D eigenvalue weighted by Gasteiger charge is -2.15. The van der Waals surface area contributed by atoms with Gasteiger partial charge in [-0.2, -0.15) is 0 Å². The second kappa shape index (κ2) is 8.05. The van der Waals surface area contributed by atoms with Crippen LogP contribution in [0.15, 0.2) is 42.5 Å². The van der Waals surface area contributed by atoms with Crippen molar-refractivity contribution in [2.45, 2.75) is 45.1 Å². The van der Waals surface area contributed by atoms with E-state index in [4.69, 9.17) is 4.74 Å². The first-order chi connectivity index (χ1) is 13.6. The van der Waals surface area contributed by atoms with E-state index >= 15 is 0 Å². The third-order valence-corrected chi connectivity index (χ3v) is 5.44. The molecule has 2 aromatic carbocycles. The van der Waals surface area contributed by atoms with Gasteiger partial charge in [0.05, 0.1) is 6.04 Å². The molecule has 0 bridgehead atoms. The van der Waals surface area contributed by atoms with E-state index < -0.39 is 0 Å². The minimum absolute atomic E-state index is 0.00133. The lowest BCUT2D eigenvalue weighted by molar-refractivity contribution is -0.123. The Morgan fingerprint density at radius 1 is 1.07 bits per heavy atom. The zero-order valence-corrected chi connectivity index (χ0v) is 16.2. The summed E-state index contributed by atoms with van der Waals surface area (Å²) < 4.78 is 5.66. The maximum atomic E-state index is 12.2. The molecule has 1 unspecified atom stereocenters. The van der Waals surface area contributed by atoms with Gasteiger partial charge < -0.3 is 15.4 Å². The quantitative estimate of drug-likeness (QED) is 0.770. The number of nitrogens with one attached hydrogen (secondary N) is 2. The van der Waals surface area contributed by atoms with Gasteiger partial charge in [0.1, 0.15) is 5.75 Å². The summed E-state index contributed by atoms with van der Waals surface area (Å²) in [5.41, 5.74) is 4.50. The smallest absolute Gasteiger partial charge is 0.258 e. The van der Waals surface area contributed by atoms with E-state index in [0.717, 1.165) is 42.7 Å². The van der Waals surface area contributed by atoms with Gasteiger partial charge in [0, 0.05) is 11.6 Å². The molecule has 1 fully saturated rings. The largest absolute Gasteiger partial charge is 0.484 e. The highest BCUT2D eigenvalue weighted by atomic mass is 16.5. The van der Waals surface area contributed by atoms with Crippen molar-refractivity contribution in [3.63, 3.8) is 0 Å². The molecule has 0 saturated heterocycles. The van der Waals surface area contributed by atoms with Gasteiger partial charge in [-0.1, -0.05) is 18.2 Å². The minimum atomic E-state index is -0.154. The molecule has 0 aliphatic heterocycles. The van der Waals surface area contributed by atoms with Crippen LogP contribution in [0.25, 0.3) is 0 Å². The van der Waals surface area contributed by atoms with Gasteiger partial charge >= 0.3 is 0 Å². The third-order valence-electron chi connectivity index (χ3n) is 5.44. The predicted molar refractivity (Wildman–Crippen MR) is 108 cm³/mol. The van der Waals surface area contributed by atoms with Crippen molar-refractivity contribution in [1.82, 2.24) is 5.32 Å². The molecule has 0 heterocycles. The van der Waals surface area contributed by atoms with E-state index in [1.165, 1.54) is 17.5 Å². The summed E-state index contributed by atoms with van der Waals surface area (Å²) in [6, 6.07) is 13.6. The molecule has 5 heteroatoms. The molecule has 146 valence electrons. The predicted octanol–water partition coefficient (Wildman–Crippen LogP) is 3.78. The van der Waals surface area contributed by atoms with Gasteiger partial charge in [0.25, 0.3) is 5.91 Å². The number of anilines is 1. The second-order valence-corrected chi connectivity index (χ2v) is 7.75. The maximum Gasteiger partial charge on any atom is 0.258 e. The van der Waals surface area contributed by atoms with Gasteiger partial charge in [-0.15, -0.1) is 0 Å². The summed E-state index contributed by atoms with van der Waals surface area (Å²) in [6.45, 7) is 1.93. The van der Waals surface area contributed by atoms with Crippen LogP contribution in [0.4, 0.5) is 5.69 Å². The average Bonchev–Trinajstić information content (AvgIpc) is 3.45. The lowest BCUT2D eigenvalue weighted by atomic mass is 10.1. The Bertz CT molecular complexity index is 872. The molecule has 5 nitrogen and oxygen atoms in total. The molecule has 2 aromatic rings. The van der Waals surface area contributed by atoms with E-state index in [2.05, 4.69) is 16.7 Å².